The van der Waals surface area contributed by atoms with Gasteiger partial charge in [-0.15, -0.1) is 0 Å². The Morgan fingerprint density at radius 1 is 0.960 bits per heavy atom. The average molecular weight is 327 g/mol. The lowest BCUT2D eigenvalue weighted by atomic mass is 9.72. The number of imidazole rings is 1. The Kier molecular flexibility index (Phi) is 4.11. The van der Waals surface area contributed by atoms with Gasteiger partial charge in [0.2, 0.25) is 0 Å². The van der Waals surface area contributed by atoms with E-state index in [0.717, 1.165) is 30.4 Å². The topological polar surface area (TPSA) is 22.2 Å². The molecule has 0 amide bonds. The lowest BCUT2D eigenvalue weighted by molar-refractivity contribution is 0.371. The molecule has 3 aromatic rings. The summed E-state index contributed by atoms with van der Waals surface area (Å²) in [5.41, 5.74) is 1.60. The van der Waals surface area contributed by atoms with Crippen molar-refractivity contribution < 1.29 is 0 Å². The van der Waals surface area contributed by atoms with E-state index < -0.39 is 5.54 Å². The van der Waals surface area contributed by atoms with E-state index in [1.54, 1.807) is 0 Å². The Bertz CT molecular complexity index is 808. The zero-order valence-corrected chi connectivity index (χ0v) is 14.1. The van der Waals surface area contributed by atoms with E-state index in [9.17, 15) is 0 Å². The Hall–Kier alpha value is -2.86. The van der Waals surface area contributed by atoms with Crippen molar-refractivity contribution in [2.75, 3.05) is 0 Å². The normalized spacial score (nSPS) is 20.3. The number of rotatable bonds is 4. The number of aromatic nitrogens is 2. The molecule has 2 atom stereocenters. The van der Waals surface area contributed by atoms with E-state index >= 15 is 0 Å². The molecule has 124 valence electrons. The van der Waals surface area contributed by atoms with Crippen LogP contribution in [0.3, 0.4) is 0 Å². The minimum absolute atomic E-state index is 0.294. The zero-order valence-electron chi connectivity index (χ0n) is 14.1. The third-order valence-electron chi connectivity index (χ3n) is 5.55. The standard InChI is InChI=1S/C22H21N3/c1-23-22(18-8-4-2-5-9-18,19-10-6-3-7-11-19)20-12-13-21(16-20)25-15-14-24-17-25/h2-11,14-15,17,20-21H,12-13,16H2/t20?,21-/m1/s1. The molecule has 4 rings (SSSR count). The fourth-order valence-electron chi connectivity index (χ4n) is 4.34. The lowest BCUT2D eigenvalue weighted by Crippen LogP contribution is -2.32. The van der Waals surface area contributed by atoms with Crippen molar-refractivity contribution in [2.45, 2.75) is 30.8 Å². The molecule has 0 radical (unpaired) electrons. The van der Waals surface area contributed by atoms with E-state index in [-0.39, 0.29) is 0 Å². The van der Waals surface area contributed by atoms with Gasteiger partial charge >= 0.3 is 0 Å². The molecule has 25 heavy (non-hydrogen) atoms. The first-order chi connectivity index (χ1) is 12.3. The fraction of sp³-hybridized carbons (Fsp3) is 0.273. The maximum atomic E-state index is 8.19. The SMILES string of the molecule is [C-]#[N+]C(c1ccccc1)(c1ccccc1)C1CC[C@@H](n2ccnc2)C1. The molecule has 0 saturated heterocycles. The highest BCUT2D eigenvalue weighted by molar-refractivity contribution is 5.43. The van der Waals surface area contributed by atoms with E-state index in [1.165, 1.54) is 0 Å². The molecule has 0 N–H and O–H groups in total. The highest BCUT2D eigenvalue weighted by Gasteiger charge is 2.51. The summed E-state index contributed by atoms with van der Waals surface area (Å²) in [6.07, 6.45) is 8.93. The number of nitrogens with zero attached hydrogens (tertiary/aromatic N) is 3. The van der Waals surface area contributed by atoms with Crippen molar-refractivity contribution in [3.63, 3.8) is 0 Å². The summed E-state index contributed by atoms with van der Waals surface area (Å²) in [6.45, 7) is 8.19. The Labute approximate surface area is 148 Å². The van der Waals surface area contributed by atoms with Gasteiger partial charge in [0.15, 0.2) is 0 Å². The van der Waals surface area contributed by atoms with Crippen molar-refractivity contribution in [1.29, 1.82) is 0 Å². The van der Waals surface area contributed by atoms with Crippen LogP contribution in [0.2, 0.25) is 0 Å². The Balaban J connectivity index is 1.78. The molecular weight excluding hydrogens is 306 g/mol. The maximum absolute atomic E-state index is 8.19. The van der Waals surface area contributed by atoms with Crippen LogP contribution in [0.15, 0.2) is 79.4 Å². The molecule has 1 heterocycles. The van der Waals surface area contributed by atoms with Crippen LogP contribution in [0.25, 0.3) is 4.85 Å². The second-order valence-electron chi connectivity index (χ2n) is 6.78. The van der Waals surface area contributed by atoms with Gasteiger partial charge in [0.1, 0.15) is 0 Å². The predicted octanol–water partition coefficient (Wildman–Crippen LogP) is 5.09. The molecule has 3 heteroatoms. The molecule has 1 aliphatic carbocycles. The summed E-state index contributed by atoms with van der Waals surface area (Å²) in [5.74, 6) is 0.294. The Morgan fingerprint density at radius 3 is 2.12 bits per heavy atom. The number of benzene rings is 2. The first-order valence-corrected chi connectivity index (χ1v) is 8.81. The van der Waals surface area contributed by atoms with Crippen molar-refractivity contribution in [1.82, 2.24) is 9.55 Å². The van der Waals surface area contributed by atoms with Gasteiger partial charge in [0.05, 0.1) is 6.33 Å². The van der Waals surface area contributed by atoms with Gasteiger partial charge in [0, 0.05) is 35.5 Å². The maximum Gasteiger partial charge on any atom is 0.285 e. The molecule has 0 aliphatic heterocycles. The van der Waals surface area contributed by atoms with Crippen LogP contribution in [-0.4, -0.2) is 9.55 Å². The molecule has 1 saturated carbocycles. The van der Waals surface area contributed by atoms with Crippen LogP contribution in [0.5, 0.6) is 0 Å². The first-order valence-electron chi connectivity index (χ1n) is 8.81. The third kappa shape index (κ3) is 2.64. The summed E-state index contributed by atoms with van der Waals surface area (Å²) >= 11 is 0. The molecule has 1 aliphatic rings. The first kappa shape index (κ1) is 15.7. The quantitative estimate of drug-likeness (QED) is 0.612. The van der Waals surface area contributed by atoms with Gasteiger partial charge in [0.25, 0.3) is 5.54 Å². The van der Waals surface area contributed by atoms with Crippen LogP contribution in [0.1, 0.15) is 36.4 Å². The van der Waals surface area contributed by atoms with Crippen LogP contribution in [0.4, 0.5) is 0 Å². The van der Waals surface area contributed by atoms with Gasteiger partial charge in [-0.05, 0) is 19.3 Å². The summed E-state index contributed by atoms with van der Waals surface area (Å²) in [4.78, 5) is 8.48. The minimum Gasteiger partial charge on any atom is -0.334 e. The van der Waals surface area contributed by atoms with Gasteiger partial charge in [-0.2, -0.15) is 0 Å². The van der Waals surface area contributed by atoms with Crippen LogP contribution in [0, 0.1) is 12.5 Å². The summed E-state index contributed by atoms with van der Waals surface area (Å²) in [7, 11) is 0. The molecule has 2 aromatic carbocycles. The Morgan fingerprint density at radius 2 is 1.60 bits per heavy atom. The summed E-state index contributed by atoms with van der Waals surface area (Å²) in [5, 5.41) is 0. The van der Waals surface area contributed by atoms with Crippen LogP contribution < -0.4 is 0 Å². The minimum atomic E-state index is -0.613. The summed E-state index contributed by atoms with van der Waals surface area (Å²) in [6, 6.07) is 21.1. The van der Waals surface area contributed by atoms with Crippen LogP contribution in [-0.2, 0) is 5.54 Å². The van der Waals surface area contributed by atoms with Crippen LogP contribution >= 0.6 is 0 Å². The van der Waals surface area contributed by atoms with Crippen molar-refractivity contribution in [3.8, 4) is 0 Å². The van der Waals surface area contributed by atoms with E-state index in [1.807, 2.05) is 55.1 Å². The highest BCUT2D eigenvalue weighted by atomic mass is 15.1. The number of hydrogen-bond donors (Lipinski definition) is 0. The molecule has 1 fully saturated rings. The molecule has 1 unspecified atom stereocenters. The van der Waals surface area contributed by atoms with Crippen molar-refractivity contribution >= 4 is 0 Å². The summed E-state index contributed by atoms with van der Waals surface area (Å²) < 4.78 is 2.20. The van der Waals surface area contributed by atoms with Crippen molar-refractivity contribution in [2.24, 2.45) is 5.92 Å². The highest BCUT2D eigenvalue weighted by Crippen LogP contribution is 2.50. The largest absolute Gasteiger partial charge is 0.334 e. The lowest BCUT2D eigenvalue weighted by Gasteiger charge is -2.29. The molecule has 0 bridgehead atoms. The van der Waals surface area contributed by atoms with Gasteiger partial charge in [-0.1, -0.05) is 60.7 Å². The second kappa shape index (κ2) is 6.57. The molecular formula is C22H21N3. The monoisotopic (exact) mass is 327 g/mol. The van der Waals surface area contributed by atoms with Crippen molar-refractivity contribution in [3.05, 3.63) is 102 Å². The average Bonchev–Trinajstić information content (AvgIpc) is 3.37. The predicted molar refractivity (Wildman–Crippen MR) is 98.9 cm³/mol. The van der Waals surface area contributed by atoms with E-state index in [0.29, 0.717) is 12.0 Å². The van der Waals surface area contributed by atoms with Gasteiger partial charge < -0.3 is 4.57 Å². The smallest absolute Gasteiger partial charge is 0.285 e. The fourth-order valence-corrected chi connectivity index (χ4v) is 4.34. The zero-order chi connectivity index (χ0) is 17.1. The molecule has 3 nitrogen and oxygen atoms in total. The van der Waals surface area contributed by atoms with Gasteiger partial charge in [-0.3, -0.25) is 4.85 Å². The van der Waals surface area contributed by atoms with E-state index in [4.69, 9.17) is 6.57 Å². The molecule has 1 aromatic heterocycles. The third-order valence-corrected chi connectivity index (χ3v) is 5.55. The van der Waals surface area contributed by atoms with E-state index in [2.05, 4.69) is 38.7 Å². The van der Waals surface area contributed by atoms with Gasteiger partial charge in [-0.25, -0.2) is 11.6 Å². The second-order valence-corrected chi connectivity index (χ2v) is 6.78. The molecule has 0 spiro atoms. The number of hydrogen-bond acceptors (Lipinski definition) is 1.